The van der Waals surface area contributed by atoms with Crippen molar-refractivity contribution in [2.45, 2.75) is 46.6 Å². The van der Waals surface area contributed by atoms with Crippen LogP contribution in [0.4, 0.5) is 0 Å². The molecular weight excluding hydrogens is 352 g/mol. The fourth-order valence-corrected chi connectivity index (χ4v) is 3.76. The molecule has 0 fully saturated rings. The number of nitrogens with one attached hydrogen (secondary N) is 1. The first-order chi connectivity index (χ1) is 13.4. The fraction of sp³-hybridized carbons (Fsp3) is 0.364. The van der Waals surface area contributed by atoms with E-state index in [0.717, 1.165) is 24.1 Å². The molecule has 1 aliphatic rings. The number of Topliss-reactive ketones (excluding diaryl/α,β-unsaturated/α-hetero) is 1. The first-order valence-corrected chi connectivity index (χ1v) is 9.63. The molecule has 0 bridgehead atoms. The van der Waals surface area contributed by atoms with Crippen molar-refractivity contribution in [3.8, 4) is 0 Å². The van der Waals surface area contributed by atoms with Gasteiger partial charge < -0.3 is 5.32 Å². The molecule has 28 heavy (non-hydrogen) atoms. The molecule has 6 nitrogen and oxygen atoms in total. The Hall–Kier alpha value is -3.02. The highest BCUT2D eigenvalue weighted by Gasteiger charge is 2.33. The Labute approximate surface area is 164 Å². The van der Waals surface area contributed by atoms with Gasteiger partial charge in [-0.2, -0.15) is 5.10 Å². The summed E-state index contributed by atoms with van der Waals surface area (Å²) in [7, 11) is 0. The highest BCUT2D eigenvalue weighted by molar-refractivity contribution is 6.01. The van der Waals surface area contributed by atoms with Crippen molar-refractivity contribution >= 4 is 17.3 Å². The van der Waals surface area contributed by atoms with Gasteiger partial charge in [-0.15, -0.1) is 0 Å². The maximum absolute atomic E-state index is 12.7. The second-order valence-corrected chi connectivity index (χ2v) is 8.21. The summed E-state index contributed by atoms with van der Waals surface area (Å²) in [5, 5.41) is 7.31. The van der Waals surface area contributed by atoms with Crippen LogP contribution in [-0.4, -0.2) is 26.3 Å². The largest absolute Gasteiger partial charge is 0.348 e. The summed E-state index contributed by atoms with van der Waals surface area (Å²) < 4.78 is 1.65. The third-order valence-corrected chi connectivity index (χ3v) is 5.34. The van der Waals surface area contributed by atoms with Crippen LogP contribution in [0.2, 0.25) is 0 Å². The molecule has 144 valence electrons. The molecule has 1 aromatic carbocycles. The number of amides is 1. The Morgan fingerprint density at radius 3 is 2.57 bits per heavy atom. The zero-order valence-electron chi connectivity index (χ0n) is 16.5. The van der Waals surface area contributed by atoms with E-state index in [-0.39, 0.29) is 17.1 Å². The van der Waals surface area contributed by atoms with E-state index in [0.29, 0.717) is 29.7 Å². The molecule has 3 aromatic rings. The number of hydrogen-bond acceptors (Lipinski definition) is 4. The molecule has 0 aliphatic heterocycles. The zero-order chi connectivity index (χ0) is 19.9. The van der Waals surface area contributed by atoms with Gasteiger partial charge in [0.2, 0.25) is 0 Å². The summed E-state index contributed by atoms with van der Waals surface area (Å²) in [5.41, 5.74) is 4.53. The van der Waals surface area contributed by atoms with Crippen LogP contribution in [0.5, 0.6) is 0 Å². The molecule has 4 rings (SSSR count). The lowest BCUT2D eigenvalue weighted by molar-refractivity contribution is 0.0907. The van der Waals surface area contributed by atoms with Crippen molar-refractivity contribution < 1.29 is 9.59 Å². The first-order valence-electron chi connectivity index (χ1n) is 9.63. The Morgan fingerprint density at radius 1 is 1.14 bits per heavy atom. The zero-order valence-corrected chi connectivity index (χ0v) is 16.5. The molecule has 0 saturated heterocycles. The van der Waals surface area contributed by atoms with Gasteiger partial charge in [-0.3, -0.25) is 9.59 Å². The van der Waals surface area contributed by atoms with E-state index in [1.807, 2.05) is 12.1 Å². The van der Waals surface area contributed by atoms with Crippen LogP contribution in [0.1, 0.15) is 64.7 Å². The third kappa shape index (κ3) is 3.30. The summed E-state index contributed by atoms with van der Waals surface area (Å²) in [6.45, 7) is 6.70. The predicted octanol–water partition coefficient (Wildman–Crippen LogP) is 3.38. The number of fused-ring (bicyclic) bond motifs is 3. The maximum atomic E-state index is 12.7. The molecular formula is C22H24N4O2. The topological polar surface area (TPSA) is 76.4 Å². The molecule has 1 N–H and O–H groups in total. The smallest absolute Gasteiger partial charge is 0.257 e. The van der Waals surface area contributed by atoms with Crippen molar-refractivity contribution in [3.05, 3.63) is 64.6 Å². The number of nitrogens with zero attached hydrogens (tertiary/aromatic N) is 3. The lowest BCUT2D eigenvalue weighted by atomic mass is 9.76. The van der Waals surface area contributed by atoms with Crippen LogP contribution < -0.4 is 5.32 Å². The normalized spacial score (nSPS) is 15.5. The molecule has 0 saturated carbocycles. The van der Waals surface area contributed by atoms with Crippen molar-refractivity contribution in [1.82, 2.24) is 19.9 Å². The van der Waals surface area contributed by atoms with Crippen LogP contribution in [0.25, 0.3) is 5.65 Å². The first kappa shape index (κ1) is 18.3. The van der Waals surface area contributed by atoms with Crippen molar-refractivity contribution in [2.24, 2.45) is 5.41 Å². The van der Waals surface area contributed by atoms with E-state index in [2.05, 4.69) is 48.3 Å². The van der Waals surface area contributed by atoms with Gasteiger partial charge in [-0.1, -0.05) is 45.0 Å². The predicted molar refractivity (Wildman–Crippen MR) is 106 cm³/mol. The van der Waals surface area contributed by atoms with Gasteiger partial charge in [0, 0.05) is 19.2 Å². The Bertz CT molecular complexity index is 1060. The Morgan fingerprint density at radius 2 is 1.86 bits per heavy atom. The van der Waals surface area contributed by atoms with E-state index in [4.69, 9.17) is 0 Å². The van der Waals surface area contributed by atoms with E-state index in [9.17, 15) is 9.59 Å². The van der Waals surface area contributed by atoms with Crippen molar-refractivity contribution in [1.29, 1.82) is 0 Å². The number of carbonyl (C=O) groups excluding carboxylic acids is 2. The second-order valence-electron chi connectivity index (χ2n) is 8.21. The minimum Gasteiger partial charge on any atom is -0.348 e. The maximum Gasteiger partial charge on any atom is 0.257 e. The molecule has 6 heteroatoms. The number of benzene rings is 1. The van der Waals surface area contributed by atoms with Crippen LogP contribution in [0.3, 0.4) is 0 Å². The number of aryl methyl sites for hydroxylation is 1. The lowest BCUT2D eigenvalue weighted by Gasteiger charge is -2.29. The average Bonchev–Trinajstić information content (AvgIpc) is 3.10. The van der Waals surface area contributed by atoms with Crippen LogP contribution in [0.15, 0.2) is 36.7 Å². The minimum atomic E-state index is -0.219. The van der Waals surface area contributed by atoms with Gasteiger partial charge in [0.15, 0.2) is 11.4 Å². The summed E-state index contributed by atoms with van der Waals surface area (Å²) in [5.74, 6) is -0.138. The Balaban J connectivity index is 1.59. The van der Waals surface area contributed by atoms with Gasteiger partial charge in [-0.05, 0) is 29.4 Å². The van der Waals surface area contributed by atoms with Gasteiger partial charge >= 0.3 is 0 Å². The van der Waals surface area contributed by atoms with Crippen LogP contribution >= 0.6 is 0 Å². The quantitative estimate of drug-likeness (QED) is 0.757. The monoisotopic (exact) mass is 376 g/mol. The third-order valence-electron chi connectivity index (χ3n) is 5.34. The van der Waals surface area contributed by atoms with E-state index in [1.165, 1.54) is 11.8 Å². The van der Waals surface area contributed by atoms with Gasteiger partial charge in [-0.25, -0.2) is 9.50 Å². The fourth-order valence-electron chi connectivity index (χ4n) is 3.76. The molecule has 2 heterocycles. The van der Waals surface area contributed by atoms with Gasteiger partial charge in [0.1, 0.15) is 5.56 Å². The number of rotatable bonds is 4. The van der Waals surface area contributed by atoms with Crippen molar-refractivity contribution in [3.63, 3.8) is 0 Å². The van der Waals surface area contributed by atoms with E-state index < -0.39 is 0 Å². The molecule has 0 spiro atoms. The van der Waals surface area contributed by atoms with Crippen LogP contribution in [-0.2, 0) is 19.4 Å². The van der Waals surface area contributed by atoms with E-state index in [1.54, 1.807) is 10.7 Å². The summed E-state index contributed by atoms with van der Waals surface area (Å²) >= 11 is 0. The molecule has 0 radical (unpaired) electrons. The highest BCUT2D eigenvalue weighted by atomic mass is 16.1. The minimum absolute atomic E-state index is 0.0812. The molecule has 1 aliphatic carbocycles. The molecule has 2 aromatic heterocycles. The second kappa shape index (κ2) is 6.86. The highest BCUT2D eigenvalue weighted by Crippen LogP contribution is 2.34. The number of ketones is 1. The average molecular weight is 376 g/mol. The van der Waals surface area contributed by atoms with Crippen molar-refractivity contribution in [2.75, 3.05) is 0 Å². The standard InChI is InChI=1S/C22H24N4O2/c1-4-14-5-7-15(8-6-14)11-24-21(28)17-13-25-26-18-9-22(2,3)10-19(27)16(18)12-23-20(17)26/h5-8,12-13H,4,9-11H2,1-3H3,(H,24,28). The number of carbonyl (C=O) groups is 2. The van der Waals surface area contributed by atoms with Gasteiger partial charge in [0.25, 0.3) is 5.91 Å². The molecule has 0 atom stereocenters. The summed E-state index contributed by atoms with van der Waals surface area (Å²) in [4.78, 5) is 29.5. The summed E-state index contributed by atoms with van der Waals surface area (Å²) in [6.07, 6.45) is 5.33. The summed E-state index contributed by atoms with van der Waals surface area (Å²) in [6, 6.07) is 8.20. The van der Waals surface area contributed by atoms with Gasteiger partial charge in [0.05, 0.1) is 17.5 Å². The van der Waals surface area contributed by atoms with Crippen LogP contribution in [0, 0.1) is 5.41 Å². The number of hydrogen-bond donors (Lipinski definition) is 1. The van der Waals surface area contributed by atoms with E-state index >= 15 is 0 Å². The number of aromatic nitrogens is 3. The molecule has 1 amide bonds. The molecule has 0 unspecified atom stereocenters. The Kier molecular flexibility index (Phi) is 4.49. The SMILES string of the molecule is CCc1ccc(CNC(=O)c2cnn3c4c(cnc23)C(=O)CC(C)(C)C4)cc1. The lowest BCUT2D eigenvalue weighted by Crippen LogP contribution is -2.29.